The Balaban J connectivity index is 1.67. The van der Waals surface area contributed by atoms with Crippen LogP contribution >= 0.6 is 0 Å². The largest absolute Gasteiger partial charge is 0.484 e. The smallest absolute Gasteiger partial charge is 0.422 e. The van der Waals surface area contributed by atoms with Gasteiger partial charge in [0.25, 0.3) is 0 Å². The van der Waals surface area contributed by atoms with Gasteiger partial charge in [0.1, 0.15) is 5.75 Å². The van der Waals surface area contributed by atoms with Crippen LogP contribution in [0.3, 0.4) is 0 Å². The molecule has 0 bridgehead atoms. The van der Waals surface area contributed by atoms with E-state index in [2.05, 4.69) is 15.4 Å². The third-order valence-corrected chi connectivity index (χ3v) is 3.76. The molecule has 1 atom stereocenters. The van der Waals surface area contributed by atoms with Gasteiger partial charge in [0, 0.05) is 13.0 Å². The van der Waals surface area contributed by atoms with E-state index in [0.717, 1.165) is 31.5 Å². The summed E-state index contributed by atoms with van der Waals surface area (Å²) in [5, 5.41) is 6.08. The Labute approximate surface area is 133 Å². The van der Waals surface area contributed by atoms with Gasteiger partial charge in [-0.15, -0.1) is 0 Å². The molecule has 1 fully saturated rings. The molecule has 1 heterocycles. The van der Waals surface area contributed by atoms with Crippen LogP contribution in [-0.2, 0) is 11.3 Å². The van der Waals surface area contributed by atoms with E-state index in [1.807, 2.05) is 0 Å². The molecule has 1 aromatic rings. The summed E-state index contributed by atoms with van der Waals surface area (Å²) in [5.74, 6) is 0.728. The van der Waals surface area contributed by atoms with Crippen molar-refractivity contribution in [3.05, 3.63) is 29.8 Å². The highest BCUT2D eigenvalue weighted by Crippen LogP contribution is 2.19. The van der Waals surface area contributed by atoms with Crippen molar-refractivity contribution in [2.45, 2.75) is 32.0 Å². The molecule has 0 saturated carbocycles. The summed E-state index contributed by atoms with van der Waals surface area (Å²) in [6.07, 6.45) is -1.85. The topological polar surface area (TPSA) is 50.4 Å². The van der Waals surface area contributed by atoms with E-state index in [-0.39, 0.29) is 11.7 Å². The van der Waals surface area contributed by atoms with Crippen LogP contribution in [0, 0.1) is 5.92 Å². The fourth-order valence-corrected chi connectivity index (χ4v) is 2.45. The number of hydrogen-bond acceptors (Lipinski definition) is 3. The second kappa shape index (κ2) is 8.19. The zero-order valence-corrected chi connectivity index (χ0v) is 12.8. The molecule has 1 saturated heterocycles. The maximum atomic E-state index is 12.0. The number of halogens is 3. The number of amides is 1. The molecule has 2 N–H and O–H groups in total. The van der Waals surface area contributed by atoms with Crippen molar-refractivity contribution in [2.24, 2.45) is 5.92 Å². The molecule has 23 heavy (non-hydrogen) atoms. The second-order valence-corrected chi connectivity index (χ2v) is 5.72. The van der Waals surface area contributed by atoms with Gasteiger partial charge in [-0.3, -0.25) is 4.79 Å². The minimum atomic E-state index is -4.35. The highest BCUT2D eigenvalue weighted by molar-refractivity contribution is 5.75. The Morgan fingerprint density at radius 2 is 2.04 bits per heavy atom. The lowest BCUT2D eigenvalue weighted by molar-refractivity contribution is -0.153. The minimum absolute atomic E-state index is 0.00528. The van der Waals surface area contributed by atoms with Crippen molar-refractivity contribution in [1.29, 1.82) is 0 Å². The number of nitrogens with one attached hydrogen (secondary N) is 2. The zero-order chi connectivity index (χ0) is 16.7. The summed E-state index contributed by atoms with van der Waals surface area (Å²) < 4.78 is 40.7. The lowest BCUT2D eigenvalue weighted by Gasteiger charge is -2.10. The lowest BCUT2D eigenvalue weighted by atomic mass is 10.0. The maximum Gasteiger partial charge on any atom is 0.422 e. The molecular weight excluding hydrogens is 309 g/mol. The SMILES string of the molecule is O=C(CCC1CCNC1)NCc1ccc(OCC(F)(F)F)cc1. The molecule has 1 aliphatic rings. The number of ether oxygens (including phenoxy) is 1. The van der Waals surface area contributed by atoms with Gasteiger partial charge in [0.2, 0.25) is 5.91 Å². The van der Waals surface area contributed by atoms with Crippen LogP contribution in [0.4, 0.5) is 13.2 Å². The first-order valence-corrected chi connectivity index (χ1v) is 7.68. The fraction of sp³-hybridized carbons (Fsp3) is 0.562. The highest BCUT2D eigenvalue weighted by Gasteiger charge is 2.28. The van der Waals surface area contributed by atoms with Gasteiger partial charge in [-0.1, -0.05) is 12.1 Å². The number of rotatable bonds is 7. The van der Waals surface area contributed by atoms with E-state index >= 15 is 0 Å². The van der Waals surface area contributed by atoms with Gasteiger partial charge in [-0.05, 0) is 49.5 Å². The van der Waals surface area contributed by atoms with Crippen LogP contribution in [0.25, 0.3) is 0 Å². The fourth-order valence-electron chi connectivity index (χ4n) is 2.45. The molecule has 0 radical (unpaired) electrons. The molecule has 1 amide bonds. The van der Waals surface area contributed by atoms with E-state index in [4.69, 9.17) is 0 Å². The third-order valence-electron chi connectivity index (χ3n) is 3.76. The van der Waals surface area contributed by atoms with Crippen LogP contribution in [0.2, 0.25) is 0 Å². The molecule has 1 unspecified atom stereocenters. The maximum absolute atomic E-state index is 12.0. The molecule has 1 aliphatic heterocycles. The summed E-state index contributed by atoms with van der Waals surface area (Å²) in [6.45, 7) is 1.06. The molecule has 0 aliphatic carbocycles. The van der Waals surface area contributed by atoms with Crippen molar-refractivity contribution in [1.82, 2.24) is 10.6 Å². The Morgan fingerprint density at radius 1 is 1.30 bits per heavy atom. The van der Waals surface area contributed by atoms with Gasteiger partial charge in [0.15, 0.2) is 6.61 Å². The molecule has 4 nitrogen and oxygen atoms in total. The Morgan fingerprint density at radius 3 is 2.65 bits per heavy atom. The molecule has 0 spiro atoms. The highest BCUT2D eigenvalue weighted by atomic mass is 19.4. The van der Waals surface area contributed by atoms with E-state index in [9.17, 15) is 18.0 Å². The van der Waals surface area contributed by atoms with Crippen molar-refractivity contribution in [3.63, 3.8) is 0 Å². The van der Waals surface area contributed by atoms with Gasteiger partial charge in [-0.25, -0.2) is 0 Å². The summed E-state index contributed by atoms with van der Waals surface area (Å²) in [6, 6.07) is 6.23. The van der Waals surface area contributed by atoms with Crippen LogP contribution in [-0.4, -0.2) is 31.8 Å². The van der Waals surface area contributed by atoms with E-state index in [0.29, 0.717) is 18.9 Å². The van der Waals surface area contributed by atoms with Crippen molar-refractivity contribution >= 4 is 5.91 Å². The van der Waals surface area contributed by atoms with Gasteiger partial charge >= 0.3 is 6.18 Å². The number of carbonyl (C=O) groups excluding carboxylic acids is 1. The first-order chi connectivity index (χ1) is 10.9. The quantitative estimate of drug-likeness (QED) is 0.808. The van der Waals surface area contributed by atoms with E-state index in [1.165, 1.54) is 12.1 Å². The molecule has 0 aromatic heterocycles. The van der Waals surface area contributed by atoms with Crippen LogP contribution < -0.4 is 15.4 Å². The van der Waals surface area contributed by atoms with Crippen molar-refractivity contribution in [3.8, 4) is 5.75 Å². The Bertz CT molecular complexity index is 497. The number of carbonyl (C=O) groups is 1. The first-order valence-electron chi connectivity index (χ1n) is 7.68. The van der Waals surface area contributed by atoms with Crippen LogP contribution in [0.15, 0.2) is 24.3 Å². The van der Waals surface area contributed by atoms with Gasteiger partial charge in [0.05, 0.1) is 0 Å². The van der Waals surface area contributed by atoms with E-state index < -0.39 is 12.8 Å². The normalized spacial score (nSPS) is 18.0. The van der Waals surface area contributed by atoms with Crippen molar-refractivity contribution < 1.29 is 22.7 Å². The summed E-state index contributed by atoms with van der Waals surface area (Å²) in [7, 11) is 0. The predicted octanol–water partition coefficient (Wildman–Crippen LogP) is 2.63. The molecule has 1 aromatic carbocycles. The lowest BCUT2D eigenvalue weighted by Crippen LogP contribution is -2.23. The average molecular weight is 330 g/mol. The minimum Gasteiger partial charge on any atom is -0.484 e. The summed E-state index contributed by atoms with van der Waals surface area (Å²) >= 11 is 0. The Hall–Kier alpha value is -1.76. The predicted molar refractivity (Wildman–Crippen MR) is 80.0 cm³/mol. The van der Waals surface area contributed by atoms with Crippen LogP contribution in [0.5, 0.6) is 5.75 Å². The molecular formula is C16H21F3N2O2. The Kier molecular flexibility index (Phi) is 6.27. The number of hydrogen-bond donors (Lipinski definition) is 2. The summed E-state index contributed by atoms with van der Waals surface area (Å²) in [5.41, 5.74) is 0.820. The second-order valence-electron chi connectivity index (χ2n) is 5.72. The van der Waals surface area contributed by atoms with E-state index in [1.54, 1.807) is 12.1 Å². The standard InChI is InChI=1S/C16H21F3N2O2/c17-16(18,19)11-23-14-4-1-12(2-5-14)10-21-15(22)6-3-13-7-8-20-9-13/h1-2,4-5,13,20H,3,6-11H2,(H,21,22). The summed E-state index contributed by atoms with van der Waals surface area (Å²) in [4.78, 5) is 11.8. The van der Waals surface area contributed by atoms with Crippen LogP contribution in [0.1, 0.15) is 24.8 Å². The molecule has 2 rings (SSSR count). The number of benzene rings is 1. The third kappa shape index (κ3) is 6.90. The first kappa shape index (κ1) is 17.6. The molecule has 128 valence electrons. The average Bonchev–Trinajstić information content (AvgIpc) is 3.02. The molecule has 7 heteroatoms. The zero-order valence-electron chi connectivity index (χ0n) is 12.8. The monoisotopic (exact) mass is 330 g/mol. The van der Waals surface area contributed by atoms with Crippen molar-refractivity contribution in [2.75, 3.05) is 19.7 Å². The van der Waals surface area contributed by atoms with Gasteiger partial charge in [-0.2, -0.15) is 13.2 Å². The van der Waals surface area contributed by atoms with Gasteiger partial charge < -0.3 is 15.4 Å². The number of alkyl halides is 3.